The molecule has 1 heteroatoms. The summed E-state index contributed by atoms with van der Waals surface area (Å²) in [5.41, 5.74) is 2.95. The molecule has 0 aliphatic carbocycles. The lowest BCUT2D eigenvalue weighted by atomic mass is 10.1. The third-order valence-corrected chi connectivity index (χ3v) is 2.08. The molecule has 80 valence electrons. The zero-order chi connectivity index (χ0) is 11.8. The molecule has 0 aromatic carbocycles. The smallest absolute Gasteiger partial charge is 0.0451 e. The van der Waals surface area contributed by atoms with Crippen molar-refractivity contribution in [2.45, 2.75) is 13.8 Å². The predicted molar refractivity (Wildman–Crippen MR) is 69.1 cm³/mol. The van der Waals surface area contributed by atoms with Gasteiger partial charge in [0.1, 0.15) is 0 Å². The van der Waals surface area contributed by atoms with Crippen LogP contribution in [-0.2, 0) is 0 Å². The van der Waals surface area contributed by atoms with E-state index in [0.717, 1.165) is 16.8 Å². The first-order chi connectivity index (χ1) is 7.12. The standard InChI is InChI=1S/C14H19N/c1-7-11-14(12(5)8-2)13(6)15(9-3)10-4/h7-11H,2-4,6H2,1,5H3/b11-7-,14-12+. The van der Waals surface area contributed by atoms with Crippen LogP contribution >= 0.6 is 0 Å². The van der Waals surface area contributed by atoms with Crippen molar-refractivity contribution in [1.82, 2.24) is 4.90 Å². The molecule has 0 saturated heterocycles. The van der Waals surface area contributed by atoms with Gasteiger partial charge < -0.3 is 4.90 Å². The summed E-state index contributed by atoms with van der Waals surface area (Å²) in [7, 11) is 0. The van der Waals surface area contributed by atoms with E-state index in [0.29, 0.717) is 0 Å². The number of hydrogen-bond donors (Lipinski definition) is 0. The molecule has 0 rings (SSSR count). The molecule has 0 heterocycles. The Hall–Kier alpha value is -1.76. The summed E-state index contributed by atoms with van der Waals surface area (Å²) in [6.07, 6.45) is 9.13. The van der Waals surface area contributed by atoms with Crippen molar-refractivity contribution in [2.75, 3.05) is 0 Å². The second-order valence-electron chi connectivity index (χ2n) is 3.02. The van der Waals surface area contributed by atoms with Crippen LogP contribution in [0, 0.1) is 0 Å². The molecule has 0 aliphatic heterocycles. The lowest BCUT2D eigenvalue weighted by Gasteiger charge is -2.19. The van der Waals surface area contributed by atoms with Crippen molar-refractivity contribution in [2.24, 2.45) is 0 Å². The highest BCUT2D eigenvalue weighted by atomic mass is 15.1. The van der Waals surface area contributed by atoms with E-state index in [1.165, 1.54) is 0 Å². The second-order valence-corrected chi connectivity index (χ2v) is 3.02. The minimum Gasteiger partial charge on any atom is -0.325 e. The molecule has 0 N–H and O–H groups in total. The molecular weight excluding hydrogens is 182 g/mol. The molecule has 0 spiro atoms. The van der Waals surface area contributed by atoms with Gasteiger partial charge in [0.2, 0.25) is 0 Å². The van der Waals surface area contributed by atoms with E-state index in [9.17, 15) is 0 Å². The van der Waals surface area contributed by atoms with Gasteiger partial charge in [-0.3, -0.25) is 0 Å². The quantitative estimate of drug-likeness (QED) is 0.583. The summed E-state index contributed by atoms with van der Waals surface area (Å²) < 4.78 is 0. The Morgan fingerprint density at radius 1 is 1.13 bits per heavy atom. The van der Waals surface area contributed by atoms with Gasteiger partial charge in [0.05, 0.1) is 0 Å². The van der Waals surface area contributed by atoms with Crippen molar-refractivity contribution in [3.63, 3.8) is 0 Å². The summed E-state index contributed by atoms with van der Waals surface area (Å²) >= 11 is 0. The number of rotatable bonds is 6. The molecule has 0 atom stereocenters. The third kappa shape index (κ3) is 3.47. The molecule has 0 amide bonds. The SMILES string of the molecule is C=C/C(C)=C(\C=C/C)C(=C)N(C=C)C=C. The van der Waals surface area contributed by atoms with Gasteiger partial charge >= 0.3 is 0 Å². The first kappa shape index (κ1) is 13.2. The summed E-state index contributed by atoms with van der Waals surface area (Å²) in [6, 6.07) is 0. The van der Waals surface area contributed by atoms with Gasteiger partial charge in [-0.2, -0.15) is 0 Å². The molecule has 0 aliphatic rings. The molecule has 0 bridgehead atoms. The highest BCUT2D eigenvalue weighted by molar-refractivity contribution is 5.45. The molecular formula is C14H19N. The van der Waals surface area contributed by atoms with Crippen LogP contribution in [0.15, 0.2) is 73.8 Å². The highest BCUT2D eigenvalue weighted by Gasteiger charge is 2.05. The van der Waals surface area contributed by atoms with Crippen molar-refractivity contribution in [3.8, 4) is 0 Å². The van der Waals surface area contributed by atoms with Crippen molar-refractivity contribution in [3.05, 3.63) is 73.8 Å². The molecule has 0 aromatic heterocycles. The van der Waals surface area contributed by atoms with Crippen LogP contribution < -0.4 is 0 Å². The van der Waals surface area contributed by atoms with E-state index in [1.807, 2.05) is 32.1 Å². The Morgan fingerprint density at radius 2 is 1.67 bits per heavy atom. The average molecular weight is 201 g/mol. The summed E-state index contributed by atoms with van der Waals surface area (Å²) in [5.74, 6) is 0. The van der Waals surface area contributed by atoms with E-state index < -0.39 is 0 Å². The molecule has 0 unspecified atom stereocenters. The molecule has 15 heavy (non-hydrogen) atoms. The Kier molecular flexibility index (Phi) is 5.88. The maximum atomic E-state index is 4.01. The molecule has 1 nitrogen and oxygen atoms in total. The highest BCUT2D eigenvalue weighted by Crippen LogP contribution is 2.20. The molecule has 0 fully saturated rings. The monoisotopic (exact) mass is 201 g/mol. The van der Waals surface area contributed by atoms with Gasteiger partial charge in [-0.25, -0.2) is 0 Å². The number of hydrogen-bond acceptors (Lipinski definition) is 1. The van der Waals surface area contributed by atoms with Gasteiger partial charge in [0.15, 0.2) is 0 Å². The van der Waals surface area contributed by atoms with Crippen molar-refractivity contribution in [1.29, 1.82) is 0 Å². The van der Waals surface area contributed by atoms with Crippen LogP contribution in [0.2, 0.25) is 0 Å². The number of allylic oxidation sites excluding steroid dienone is 4. The second kappa shape index (κ2) is 6.66. The fourth-order valence-corrected chi connectivity index (χ4v) is 1.17. The zero-order valence-electron chi connectivity index (χ0n) is 9.66. The fourth-order valence-electron chi connectivity index (χ4n) is 1.17. The normalized spacial score (nSPS) is 11.9. The van der Waals surface area contributed by atoms with Crippen LogP contribution in [-0.4, -0.2) is 4.90 Å². The average Bonchev–Trinajstić information content (AvgIpc) is 2.26. The molecule has 0 saturated carbocycles. The van der Waals surface area contributed by atoms with Gasteiger partial charge in [0, 0.05) is 23.7 Å². The Labute approximate surface area is 93.1 Å². The van der Waals surface area contributed by atoms with E-state index >= 15 is 0 Å². The van der Waals surface area contributed by atoms with E-state index in [2.05, 4.69) is 26.3 Å². The molecule has 0 aromatic rings. The Morgan fingerprint density at radius 3 is 2.00 bits per heavy atom. The van der Waals surface area contributed by atoms with Crippen LogP contribution in [0.3, 0.4) is 0 Å². The fraction of sp³-hybridized carbons (Fsp3) is 0.143. The summed E-state index contributed by atoms with van der Waals surface area (Å²) in [5, 5.41) is 0. The maximum absolute atomic E-state index is 4.01. The minimum atomic E-state index is 0.843. The Balaban J connectivity index is 5.28. The largest absolute Gasteiger partial charge is 0.325 e. The number of nitrogens with zero attached hydrogens (tertiary/aromatic N) is 1. The first-order valence-electron chi connectivity index (χ1n) is 4.81. The van der Waals surface area contributed by atoms with E-state index in [-0.39, 0.29) is 0 Å². The topological polar surface area (TPSA) is 3.24 Å². The van der Waals surface area contributed by atoms with Crippen LogP contribution in [0.25, 0.3) is 0 Å². The lowest BCUT2D eigenvalue weighted by Crippen LogP contribution is -2.09. The molecule has 0 radical (unpaired) electrons. The van der Waals surface area contributed by atoms with Gasteiger partial charge in [-0.15, -0.1) is 0 Å². The van der Waals surface area contributed by atoms with Crippen LogP contribution in [0.4, 0.5) is 0 Å². The third-order valence-electron chi connectivity index (χ3n) is 2.08. The van der Waals surface area contributed by atoms with Gasteiger partial charge in [0.25, 0.3) is 0 Å². The summed E-state index contributed by atoms with van der Waals surface area (Å²) in [6.45, 7) is 19.1. The zero-order valence-corrected chi connectivity index (χ0v) is 9.66. The van der Waals surface area contributed by atoms with Gasteiger partial charge in [-0.1, -0.05) is 44.5 Å². The van der Waals surface area contributed by atoms with Crippen molar-refractivity contribution >= 4 is 0 Å². The van der Waals surface area contributed by atoms with E-state index in [1.54, 1.807) is 17.3 Å². The van der Waals surface area contributed by atoms with Crippen molar-refractivity contribution < 1.29 is 0 Å². The van der Waals surface area contributed by atoms with E-state index in [4.69, 9.17) is 0 Å². The van der Waals surface area contributed by atoms with Crippen LogP contribution in [0.5, 0.6) is 0 Å². The predicted octanol–water partition coefficient (Wildman–Crippen LogP) is 4.17. The van der Waals surface area contributed by atoms with Gasteiger partial charge in [-0.05, 0) is 19.4 Å². The summed E-state index contributed by atoms with van der Waals surface area (Å²) in [4.78, 5) is 1.78. The minimum absolute atomic E-state index is 0.843. The first-order valence-corrected chi connectivity index (χ1v) is 4.81. The maximum Gasteiger partial charge on any atom is 0.0451 e. The lowest BCUT2D eigenvalue weighted by molar-refractivity contribution is 0.650. The Bertz CT molecular complexity index is 321. The van der Waals surface area contributed by atoms with Crippen LogP contribution in [0.1, 0.15) is 13.8 Å².